The molecule has 1 fully saturated rings. The molecular weight excluding hydrogens is 421 g/mol. The van der Waals surface area contributed by atoms with Crippen molar-refractivity contribution in [3.8, 4) is 0 Å². The summed E-state index contributed by atoms with van der Waals surface area (Å²) in [7, 11) is 0. The predicted octanol–water partition coefficient (Wildman–Crippen LogP) is 4.82. The lowest BCUT2D eigenvalue weighted by molar-refractivity contribution is -0.122. The maximum atomic E-state index is 14.3. The lowest BCUT2D eigenvalue weighted by Gasteiger charge is -2.43. The predicted molar refractivity (Wildman–Crippen MR) is 127 cm³/mol. The summed E-state index contributed by atoms with van der Waals surface area (Å²) in [5.74, 6) is -2.41. The standard InChI is InChI=1S/C26H26FN3O3/c1-6-29-22-11-15(2)17(12-18(22)16(3)14-26(29,4)5)13-19-23(31)28-25(33)30(24(19)32)21-10-8-7-9-20(21)27/h7-14H,6H2,1-5H3,(H,28,31,33)/b19-13+. The molecular formula is C26H26FN3O3. The summed E-state index contributed by atoms with van der Waals surface area (Å²) in [6, 6.07) is 8.47. The molecule has 0 bridgehead atoms. The molecule has 0 saturated carbocycles. The van der Waals surface area contributed by atoms with Crippen molar-refractivity contribution in [1.29, 1.82) is 0 Å². The largest absolute Gasteiger partial charge is 0.363 e. The minimum atomic E-state index is -0.978. The third kappa shape index (κ3) is 3.73. The lowest BCUT2D eigenvalue weighted by Crippen LogP contribution is -2.54. The van der Waals surface area contributed by atoms with Crippen molar-refractivity contribution in [1.82, 2.24) is 5.32 Å². The maximum Gasteiger partial charge on any atom is 0.336 e. The Morgan fingerprint density at radius 3 is 2.42 bits per heavy atom. The van der Waals surface area contributed by atoms with E-state index < -0.39 is 23.7 Å². The Labute approximate surface area is 192 Å². The monoisotopic (exact) mass is 447 g/mol. The fourth-order valence-electron chi connectivity index (χ4n) is 4.64. The molecule has 2 heterocycles. The van der Waals surface area contributed by atoms with Gasteiger partial charge in [-0.1, -0.05) is 18.2 Å². The second-order valence-electron chi connectivity index (χ2n) is 8.86. The van der Waals surface area contributed by atoms with Gasteiger partial charge in [0.25, 0.3) is 11.8 Å². The molecule has 170 valence electrons. The number of amides is 4. The molecule has 2 aromatic rings. The molecule has 0 unspecified atom stereocenters. The number of barbiturate groups is 1. The first kappa shape index (κ1) is 22.5. The molecule has 7 heteroatoms. The topological polar surface area (TPSA) is 69.7 Å². The summed E-state index contributed by atoms with van der Waals surface area (Å²) in [5.41, 5.74) is 4.17. The molecule has 2 aliphatic heterocycles. The van der Waals surface area contributed by atoms with Gasteiger partial charge >= 0.3 is 6.03 Å². The number of carbonyl (C=O) groups excluding carboxylic acids is 3. The Balaban J connectivity index is 1.81. The number of allylic oxidation sites excluding steroid dienone is 1. The summed E-state index contributed by atoms with van der Waals surface area (Å²) in [6.07, 6.45) is 3.67. The number of likely N-dealkylation sites (N-methyl/N-ethyl adjacent to an activating group) is 1. The van der Waals surface area contributed by atoms with Gasteiger partial charge in [-0.15, -0.1) is 0 Å². The van der Waals surface area contributed by atoms with Crippen LogP contribution in [0.15, 0.2) is 48.0 Å². The van der Waals surface area contributed by atoms with Gasteiger partial charge in [-0.2, -0.15) is 0 Å². The number of imide groups is 2. The fourth-order valence-corrected chi connectivity index (χ4v) is 4.64. The number of carbonyl (C=O) groups is 3. The molecule has 6 nitrogen and oxygen atoms in total. The van der Waals surface area contributed by atoms with Crippen molar-refractivity contribution in [2.24, 2.45) is 0 Å². The lowest BCUT2D eigenvalue weighted by atomic mass is 9.86. The van der Waals surface area contributed by atoms with Crippen molar-refractivity contribution in [2.45, 2.75) is 40.2 Å². The molecule has 1 saturated heterocycles. The third-order valence-electron chi connectivity index (χ3n) is 6.18. The zero-order chi connectivity index (χ0) is 24.1. The SMILES string of the molecule is CCN1c2cc(C)c(/C=C3\C(=O)NC(=O)N(c4ccccc4F)C3=O)cc2C(C)=CC1(C)C. The molecule has 1 N–H and O–H groups in total. The first-order valence-electron chi connectivity index (χ1n) is 10.8. The van der Waals surface area contributed by atoms with Gasteiger partial charge in [0.15, 0.2) is 0 Å². The van der Waals surface area contributed by atoms with Crippen molar-refractivity contribution >= 4 is 40.9 Å². The number of halogens is 1. The molecule has 0 radical (unpaired) electrons. The molecule has 0 atom stereocenters. The number of fused-ring (bicyclic) bond motifs is 1. The van der Waals surface area contributed by atoms with Crippen molar-refractivity contribution in [2.75, 3.05) is 16.3 Å². The van der Waals surface area contributed by atoms with Crippen LogP contribution in [0.1, 0.15) is 44.4 Å². The second-order valence-corrected chi connectivity index (χ2v) is 8.86. The van der Waals surface area contributed by atoms with Crippen LogP contribution in [0.25, 0.3) is 11.6 Å². The smallest absolute Gasteiger partial charge is 0.336 e. The van der Waals surface area contributed by atoms with E-state index in [4.69, 9.17) is 0 Å². The molecule has 4 amide bonds. The van der Waals surface area contributed by atoms with Gasteiger partial charge in [0.2, 0.25) is 0 Å². The van der Waals surface area contributed by atoms with Crippen molar-refractivity contribution in [3.63, 3.8) is 0 Å². The van der Waals surface area contributed by atoms with Gasteiger partial charge in [0, 0.05) is 17.8 Å². The number of para-hydroxylation sites is 1. The van der Waals surface area contributed by atoms with E-state index in [9.17, 15) is 18.8 Å². The highest BCUT2D eigenvalue weighted by molar-refractivity contribution is 6.39. The van der Waals surface area contributed by atoms with E-state index in [1.807, 2.05) is 19.9 Å². The quantitative estimate of drug-likeness (QED) is 0.541. The number of hydrogen-bond acceptors (Lipinski definition) is 4. The van der Waals surface area contributed by atoms with E-state index in [0.29, 0.717) is 10.5 Å². The number of nitrogens with zero attached hydrogens (tertiary/aromatic N) is 2. The Bertz CT molecular complexity index is 1260. The molecule has 33 heavy (non-hydrogen) atoms. The first-order chi connectivity index (χ1) is 15.5. The minimum Gasteiger partial charge on any atom is -0.363 e. The van der Waals surface area contributed by atoms with Crippen LogP contribution < -0.4 is 15.1 Å². The first-order valence-corrected chi connectivity index (χ1v) is 10.8. The van der Waals surface area contributed by atoms with E-state index in [2.05, 4.69) is 43.1 Å². The van der Waals surface area contributed by atoms with Gasteiger partial charge < -0.3 is 4.90 Å². The molecule has 0 aromatic heterocycles. The summed E-state index contributed by atoms with van der Waals surface area (Å²) in [4.78, 5) is 41.0. The van der Waals surface area contributed by atoms with E-state index >= 15 is 0 Å². The molecule has 2 aliphatic rings. The zero-order valence-corrected chi connectivity index (χ0v) is 19.3. The molecule has 0 aliphatic carbocycles. The van der Waals surface area contributed by atoms with E-state index in [-0.39, 0.29) is 16.8 Å². The van der Waals surface area contributed by atoms with Crippen LogP contribution in [0.4, 0.5) is 20.6 Å². The van der Waals surface area contributed by atoms with Gasteiger partial charge in [-0.3, -0.25) is 14.9 Å². The second kappa shape index (κ2) is 7.99. The summed E-state index contributed by atoms with van der Waals surface area (Å²) in [5, 5.41) is 2.15. The highest BCUT2D eigenvalue weighted by Crippen LogP contribution is 2.40. The highest BCUT2D eigenvalue weighted by atomic mass is 19.1. The van der Waals surface area contributed by atoms with E-state index in [1.54, 1.807) is 0 Å². The summed E-state index contributed by atoms with van der Waals surface area (Å²) >= 11 is 0. The Morgan fingerprint density at radius 1 is 1.06 bits per heavy atom. The number of nitrogens with one attached hydrogen (secondary N) is 1. The van der Waals surface area contributed by atoms with Crippen LogP contribution >= 0.6 is 0 Å². The number of urea groups is 1. The summed E-state index contributed by atoms with van der Waals surface area (Å²) < 4.78 is 14.3. The number of hydrogen-bond donors (Lipinski definition) is 1. The summed E-state index contributed by atoms with van der Waals surface area (Å²) in [6.45, 7) is 11.2. The van der Waals surface area contributed by atoms with E-state index in [1.165, 1.54) is 24.3 Å². The number of aryl methyl sites for hydroxylation is 1. The van der Waals surface area contributed by atoms with Crippen LogP contribution in [0.3, 0.4) is 0 Å². The van der Waals surface area contributed by atoms with Crippen molar-refractivity contribution < 1.29 is 18.8 Å². The van der Waals surface area contributed by atoms with Gasteiger partial charge in [0.05, 0.1) is 11.2 Å². The van der Waals surface area contributed by atoms with Gasteiger partial charge in [-0.05, 0) is 81.7 Å². The van der Waals surface area contributed by atoms with Crippen LogP contribution in [0.5, 0.6) is 0 Å². The molecule has 2 aromatic carbocycles. The zero-order valence-electron chi connectivity index (χ0n) is 19.3. The number of rotatable bonds is 3. The van der Waals surface area contributed by atoms with Crippen molar-refractivity contribution in [3.05, 3.63) is 70.6 Å². The Morgan fingerprint density at radius 2 is 1.76 bits per heavy atom. The third-order valence-corrected chi connectivity index (χ3v) is 6.18. The number of anilines is 2. The highest BCUT2D eigenvalue weighted by Gasteiger charge is 2.38. The van der Waals surface area contributed by atoms with Crippen LogP contribution in [0, 0.1) is 12.7 Å². The average molecular weight is 448 g/mol. The van der Waals surface area contributed by atoms with Gasteiger partial charge in [-0.25, -0.2) is 14.1 Å². The Hall–Kier alpha value is -3.74. The van der Waals surface area contributed by atoms with Crippen LogP contribution in [-0.2, 0) is 9.59 Å². The fraction of sp³-hybridized carbons (Fsp3) is 0.269. The Kier molecular flexibility index (Phi) is 5.44. The van der Waals surface area contributed by atoms with E-state index in [0.717, 1.165) is 35.0 Å². The van der Waals surface area contributed by atoms with Gasteiger partial charge in [0.1, 0.15) is 11.4 Å². The molecule has 4 rings (SSSR count). The average Bonchev–Trinajstić information content (AvgIpc) is 2.72. The minimum absolute atomic E-state index is 0.141. The molecule has 0 spiro atoms. The normalized spacial score (nSPS) is 18.9. The maximum absolute atomic E-state index is 14.3. The number of benzene rings is 2. The van der Waals surface area contributed by atoms with Crippen LogP contribution in [0.2, 0.25) is 0 Å². The van der Waals surface area contributed by atoms with Crippen LogP contribution in [-0.4, -0.2) is 29.9 Å².